The minimum absolute atomic E-state index is 0.522. The number of nitrogens with zero attached hydrogens (tertiary/aromatic N) is 1. The molecule has 0 amide bonds. The van der Waals surface area contributed by atoms with Crippen LogP contribution in [0.15, 0.2) is 18.2 Å². The number of hydrogen-bond donors (Lipinski definition) is 0. The van der Waals surface area contributed by atoms with E-state index in [-0.39, 0.29) is 0 Å². The smallest absolute Gasteiger partial charge is 0.153 e. The molecular weight excluding hydrogens is 261 g/mol. The zero-order chi connectivity index (χ0) is 12.7. The number of alkyl halides is 2. The summed E-state index contributed by atoms with van der Waals surface area (Å²) >= 11 is 11.5. The molecule has 0 aliphatic rings. The van der Waals surface area contributed by atoms with E-state index in [1.54, 1.807) is 13.2 Å². The Morgan fingerprint density at radius 1 is 1.29 bits per heavy atom. The molecule has 0 saturated heterocycles. The lowest BCUT2D eigenvalue weighted by Crippen LogP contribution is -2.27. The van der Waals surface area contributed by atoms with Crippen LogP contribution in [0.1, 0.15) is 10.4 Å². The van der Waals surface area contributed by atoms with Crippen molar-refractivity contribution in [3.8, 4) is 5.75 Å². The summed E-state index contributed by atoms with van der Waals surface area (Å²) in [6.45, 7) is 1.41. The Kier molecular flexibility index (Phi) is 6.16. The summed E-state index contributed by atoms with van der Waals surface area (Å²) in [7, 11) is 1.54. The molecule has 0 heterocycles. The molecule has 0 spiro atoms. The molecule has 0 radical (unpaired) electrons. The summed E-state index contributed by atoms with van der Waals surface area (Å²) in [5.74, 6) is 1.61. The maximum absolute atomic E-state index is 10.8. The topological polar surface area (TPSA) is 29.5 Å². The number of anilines is 1. The van der Waals surface area contributed by atoms with Crippen LogP contribution in [-0.2, 0) is 0 Å². The van der Waals surface area contributed by atoms with Gasteiger partial charge in [0.05, 0.1) is 12.7 Å². The minimum atomic E-state index is 0.522. The van der Waals surface area contributed by atoms with Gasteiger partial charge in [-0.15, -0.1) is 23.2 Å². The monoisotopic (exact) mass is 275 g/mol. The number of carbonyl (C=O) groups is 1. The first kappa shape index (κ1) is 14.1. The van der Waals surface area contributed by atoms with Gasteiger partial charge in [-0.25, -0.2) is 0 Å². The largest absolute Gasteiger partial charge is 0.496 e. The minimum Gasteiger partial charge on any atom is -0.496 e. The highest BCUT2D eigenvalue weighted by atomic mass is 35.5. The Hall–Kier alpha value is -0.930. The van der Waals surface area contributed by atoms with Gasteiger partial charge in [0.25, 0.3) is 0 Å². The zero-order valence-corrected chi connectivity index (χ0v) is 11.2. The van der Waals surface area contributed by atoms with Crippen molar-refractivity contribution < 1.29 is 9.53 Å². The number of rotatable bonds is 7. The fourth-order valence-corrected chi connectivity index (χ4v) is 1.98. The van der Waals surface area contributed by atoms with E-state index in [0.717, 1.165) is 12.0 Å². The van der Waals surface area contributed by atoms with Crippen molar-refractivity contribution in [1.29, 1.82) is 0 Å². The third kappa shape index (κ3) is 3.79. The van der Waals surface area contributed by atoms with Crippen LogP contribution in [-0.4, -0.2) is 38.2 Å². The van der Waals surface area contributed by atoms with Crippen molar-refractivity contribution in [3.63, 3.8) is 0 Å². The maximum atomic E-state index is 10.8. The fraction of sp³-hybridized carbons (Fsp3) is 0.417. The Morgan fingerprint density at radius 3 is 2.41 bits per heavy atom. The second kappa shape index (κ2) is 7.41. The van der Waals surface area contributed by atoms with Gasteiger partial charge in [-0.1, -0.05) is 0 Å². The molecule has 5 heteroatoms. The van der Waals surface area contributed by atoms with Crippen molar-refractivity contribution in [2.75, 3.05) is 36.9 Å². The summed E-state index contributed by atoms with van der Waals surface area (Å²) in [6, 6.07) is 5.42. The van der Waals surface area contributed by atoms with Gasteiger partial charge >= 0.3 is 0 Å². The number of carbonyl (C=O) groups excluding carboxylic acids is 1. The molecule has 17 heavy (non-hydrogen) atoms. The number of hydrogen-bond acceptors (Lipinski definition) is 3. The molecule has 1 aromatic carbocycles. The third-order valence-corrected chi connectivity index (χ3v) is 2.76. The van der Waals surface area contributed by atoms with Crippen LogP contribution in [0.2, 0.25) is 0 Å². The van der Waals surface area contributed by atoms with Gasteiger partial charge in [-0.05, 0) is 12.1 Å². The highest BCUT2D eigenvalue weighted by Gasteiger charge is 2.09. The number of halogens is 2. The first-order chi connectivity index (χ1) is 8.26. The van der Waals surface area contributed by atoms with Crippen LogP contribution in [0.25, 0.3) is 0 Å². The Morgan fingerprint density at radius 2 is 1.94 bits per heavy atom. The van der Waals surface area contributed by atoms with Crippen LogP contribution in [0.4, 0.5) is 5.69 Å². The molecular formula is C12H15Cl2NO2. The molecule has 0 N–H and O–H groups in total. The van der Waals surface area contributed by atoms with Crippen LogP contribution in [0, 0.1) is 0 Å². The van der Waals surface area contributed by atoms with E-state index >= 15 is 0 Å². The predicted molar refractivity (Wildman–Crippen MR) is 72.0 cm³/mol. The van der Waals surface area contributed by atoms with Crippen molar-refractivity contribution in [2.24, 2.45) is 0 Å². The van der Waals surface area contributed by atoms with E-state index in [0.29, 0.717) is 36.2 Å². The van der Waals surface area contributed by atoms with Gasteiger partial charge in [0.1, 0.15) is 5.75 Å². The lowest BCUT2D eigenvalue weighted by Gasteiger charge is -2.23. The lowest BCUT2D eigenvalue weighted by atomic mass is 10.2. The van der Waals surface area contributed by atoms with Gasteiger partial charge in [0, 0.05) is 36.6 Å². The summed E-state index contributed by atoms with van der Waals surface area (Å²) in [4.78, 5) is 12.8. The molecule has 3 nitrogen and oxygen atoms in total. The van der Waals surface area contributed by atoms with Gasteiger partial charge in [0.15, 0.2) is 6.29 Å². The van der Waals surface area contributed by atoms with Crippen molar-refractivity contribution in [3.05, 3.63) is 23.8 Å². The first-order valence-electron chi connectivity index (χ1n) is 5.27. The molecule has 0 bridgehead atoms. The average molecular weight is 276 g/mol. The maximum Gasteiger partial charge on any atom is 0.153 e. The molecule has 1 aromatic rings. The van der Waals surface area contributed by atoms with E-state index < -0.39 is 0 Å². The van der Waals surface area contributed by atoms with Crippen LogP contribution in [0.3, 0.4) is 0 Å². The molecule has 0 atom stereocenters. The third-order valence-electron chi connectivity index (χ3n) is 2.42. The quantitative estimate of drug-likeness (QED) is 0.566. The molecule has 0 aromatic heterocycles. The van der Waals surface area contributed by atoms with E-state index in [9.17, 15) is 4.79 Å². The van der Waals surface area contributed by atoms with Crippen LogP contribution >= 0.6 is 23.2 Å². The summed E-state index contributed by atoms with van der Waals surface area (Å²) < 4.78 is 5.16. The van der Waals surface area contributed by atoms with Crippen LogP contribution < -0.4 is 9.64 Å². The van der Waals surface area contributed by atoms with Gasteiger partial charge in [-0.3, -0.25) is 4.79 Å². The lowest BCUT2D eigenvalue weighted by molar-refractivity contribution is 0.112. The first-order valence-corrected chi connectivity index (χ1v) is 6.33. The van der Waals surface area contributed by atoms with E-state index in [4.69, 9.17) is 27.9 Å². The Balaban J connectivity index is 2.98. The van der Waals surface area contributed by atoms with Gasteiger partial charge in [0.2, 0.25) is 0 Å². The molecule has 0 fully saturated rings. The molecule has 0 aliphatic carbocycles. The van der Waals surface area contributed by atoms with E-state index in [2.05, 4.69) is 4.90 Å². The average Bonchev–Trinajstić information content (AvgIpc) is 2.37. The normalized spacial score (nSPS) is 10.1. The van der Waals surface area contributed by atoms with Gasteiger partial charge in [-0.2, -0.15) is 0 Å². The van der Waals surface area contributed by atoms with E-state index in [1.807, 2.05) is 12.1 Å². The molecule has 94 valence electrons. The molecule has 0 unspecified atom stereocenters. The number of benzene rings is 1. The Bertz CT molecular complexity index is 366. The molecule has 1 rings (SSSR count). The second-order valence-electron chi connectivity index (χ2n) is 3.41. The fourth-order valence-electron chi connectivity index (χ4n) is 1.57. The second-order valence-corrected chi connectivity index (χ2v) is 4.17. The SMILES string of the molecule is COc1cc(N(CCCl)CCCl)ccc1C=O. The number of methoxy groups -OCH3 is 1. The zero-order valence-electron chi connectivity index (χ0n) is 9.66. The number of ether oxygens (including phenoxy) is 1. The van der Waals surface area contributed by atoms with Crippen molar-refractivity contribution in [1.82, 2.24) is 0 Å². The molecule has 0 saturated carbocycles. The highest BCUT2D eigenvalue weighted by molar-refractivity contribution is 6.18. The van der Waals surface area contributed by atoms with Gasteiger partial charge < -0.3 is 9.64 Å². The summed E-state index contributed by atoms with van der Waals surface area (Å²) in [6.07, 6.45) is 0.774. The summed E-state index contributed by atoms with van der Waals surface area (Å²) in [5, 5.41) is 0. The van der Waals surface area contributed by atoms with Crippen molar-refractivity contribution in [2.45, 2.75) is 0 Å². The van der Waals surface area contributed by atoms with E-state index in [1.165, 1.54) is 0 Å². The Labute approximate surface area is 111 Å². The van der Waals surface area contributed by atoms with Crippen molar-refractivity contribution >= 4 is 35.2 Å². The van der Waals surface area contributed by atoms with Crippen LogP contribution in [0.5, 0.6) is 5.75 Å². The standard InChI is InChI=1S/C12H15Cl2NO2/c1-17-12-8-11(3-2-10(12)9-16)15(6-4-13)7-5-14/h2-3,8-9H,4-7H2,1H3. The highest BCUT2D eigenvalue weighted by Crippen LogP contribution is 2.24. The molecule has 0 aliphatic heterocycles. The summed E-state index contributed by atoms with van der Waals surface area (Å²) in [5.41, 5.74) is 1.49. The number of aldehydes is 1. The predicted octanol–water partition coefficient (Wildman–Crippen LogP) is 2.79.